The van der Waals surface area contributed by atoms with Crippen molar-refractivity contribution in [2.24, 2.45) is 0 Å². The number of nitrogens with zero attached hydrogens (tertiary/aromatic N) is 2. The fourth-order valence-corrected chi connectivity index (χ4v) is 3.22. The smallest absolute Gasteiger partial charge is 0.322 e. The number of carbonyl (C=O) groups is 1. The summed E-state index contributed by atoms with van der Waals surface area (Å²) in [4.78, 5) is 20.8. The predicted molar refractivity (Wildman–Crippen MR) is 133 cm³/mol. The zero-order chi connectivity index (χ0) is 23.8. The lowest BCUT2D eigenvalue weighted by Crippen LogP contribution is -2.07. The molecule has 1 amide bonds. The highest BCUT2D eigenvalue weighted by Gasteiger charge is 2.04. The molecule has 0 spiro atoms. The van der Waals surface area contributed by atoms with Crippen molar-refractivity contribution in [1.29, 1.82) is 0 Å². The van der Waals surface area contributed by atoms with Crippen molar-refractivity contribution in [3.05, 3.63) is 114 Å². The van der Waals surface area contributed by atoms with Gasteiger partial charge < -0.3 is 14.8 Å². The van der Waals surface area contributed by atoms with Gasteiger partial charge in [0, 0.05) is 23.2 Å². The first-order valence-electron chi connectivity index (χ1n) is 10.9. The lowest BCUT2D eigenvalue weighted by Gasteiger charge is -2.07. The normalized spacial score (nSPS) is 10.8. The van der Waals surface area contributed by atoms with Gasteiger partial charge in [0.1, 0.15) is 18.1 Å². The van der Waals surface area contributed by atoms with Gasteiger partial charge in [0.25, 0.3) is 0 Å². The lowest BCUT2D eigenvalue weighted by molar-refractivity contribution is -0.111. The Morgan fingerprint density at radius 1 is 0.853 bits per heavy atom. The van der Waals surface area contributed by atoms with Crippen molar-refractivity contribution in [2.45, 2.75) is 20.5 Å². The number of anilines is 1. The number of aryl methyl sites for hydroxylation is 2. The first-order valence-corrected chi connectivity index (χ1v) is 10.9. The van der Waals surface area contributed by atoms with Gasteiger partial charge in [-0.15, -0.1) is 0 Å². The van der Waals surface area contributed by atoms with Gasteiger partial charge in [-0.3, -0.25) is 4.79 Å². The van der Waals surface area contributed by atoms with E-state index >= 15 is 0 Å². The zero-order valence-electron chi connectivity index (χ0n) is 19.1. The van der Waals surface area contributed by atoms with E-state index in [4.69, 9.17) is 9.47 Å². The van der Waals surface area contributed by atoms with E-state index in [1.54, 1.807) is 30.3 Å². The zero-order valence-corrected chi connectivity index (χ0v) is 19.1. The molecule has 6 heteroatoms. The van der Waals surface area contributed by atoms with Crippen molar-refractivity contribution in [1.82, 2.24) is 9.97 Å². The Morgan fingerprint density at radius 3 is 2.18 bits per heavy atom. The largest absolute Gasteiger partial charge is 0.489 e. The summed E-state index contributed by atoms with van der Waals surface area (Å²) >= 11 is 0. The maximum absolute atomic E-state index is 12.3. The highest BCUT2D eigenvalue weighted by atomic mass is 16.5. The van der Waals surface area contributed by atoms with Crippen molar-refractivity contribution in [3.63, 3.8) is 0 Å². The minimum absolute atomic E-state index is 0.226. The van der Waals surface area contributed by atoms with Crippen LogP contribution in [0.5, 0.6) is 17.5 Å². The van der Waals surface area contributed by atoms with Gasteiger partial charge in [-0.25, -0.2) is 9.97 Å². The third kappa shape index (κ3) is 6.77. The number of rotatable bonds is 8. The predicted octanol–water partition coefficient (Wildman–Crippen LogP) is 6.12. The van der Waals surface area contributed by atoms with E-state index in [0.29, 0.717) is 24.1 Å². The van der Waals surface area contributed by atoms with Crippen LogP contribution in [-0.4, -0.2) is 15.9 Å². The van der Waals surface area contributed by atoms with Crippen LogP contribution >= 0.6 is 0 Å². The standard InChI is InChI=1S/C28H25N3O3/c1-20-18-21(2)30-28(29-20)34-26-15-11-24(12-16-26)31-27(32)17-10-22-8-13-25(14-9-22)33-19-23-6-4-3-5-7-23/h3-18H,19H2,1-2H3,(H,31,32)/b17-10+. The highest BCUT2D eigenvalue weighted by molar-refractivity contribution is 6.01. The monoisotopic (exact) mass is 451 g/mol. The molecule has 34 heavy (non-hydrogen) atoms. The molecule has 0 atom stereocenters. The van der Waals surface area contributed by atoms with E-state index in [1.807, 2.05) is 74.5 Å². The van der Waals surface area contributed by atoms with Gasteiger partial charge >= 0.3 is 6.01 Å². The molecule has 4 aromatic rings. The number of nitrogens with one attached hydrogen (secondary N) is 1. The number of amides is 1. The average molecular weight is 452 g/mol. The summed E-state index contributed by atoms with van der Waals surface area (Å²) in [7, 11) is 0. The van der Waals surface area contributed by atoms with Crippen LogP contribution in [0, 0.1) is 13.8 Å². The van der Waals surface area contributed by atoms with E-state index < -0.39 is 0 Å². The molecule has 0 fully saturated rings. The molecule has 0 aliphatic rings. The fraction of sp³-hybridized carbons (Fsp3) is 0.107. The van der Waals surface area contributed by atoms with Crippen molar-refractivity contribution in [2.75, 3.05) is 5.32 Å². The molecule has 0 saturated carbocycles. The third-order valence-electron chi connectivity index (χ3n) is 4.85. The summed E-state index contributed by atoms with van der Waals surface area (Å²) in [5, 5.41) is 2.83. The maximum Gasteiger partial charge on any atom is 0.322 e. The van der Waals surface area contributed by atoms with Crippen molar-refractivity contribution >= 4 is 17.7 Å². The summed E-state index contributed by atoms with van der Waals surface area (Å²) in [6.45, 7) is 4.30. The molecule has 0 aliphatic heterocycles. The minimum atomic E-state index is -0.226. The maximum atomic E-state index is 12.3. The van der Waals surface area contributed by atoms with E-state index in [0.717, 1.165) is 28.3 Å². The van der Waals surface area contributed by atoms with Crippen LogP contribution in [-0.2, 0) is 11.4 Å². The molecule has 4 rings (SSSR count). The van der Waals surface area contributed by atoms with Crippen LogP contribution in [0.1, 0.15) is 22.5 Å². The second-order valence-corrected chi connectivity index (χ2v) is 7.73. The van der Waals surface area contributed by atoms with E-state index in [2.05, 4.69) is 15.3 Å². The summed E-state index contributed by atoms with van der Waals surface area (Å²) in [5.74, 6) is 1.14. The molecular formula is C28H25N3O3. The first-order chi connectivity index (χ1) is 16.5. The number of carbonyl (C=O) groups excluding carboxylic acids is 1. The van der Waals surface area contributed by atoms with Crippen LogP contribution in [0.2, 0.25) is 0 Å². The molecule has 1 heterocycles. The average Bonchev–Trinajstić information content (AvgIpc) is 2.83. The topological polar surface area (TPSA) is 73.3 Å². The molecular weight excluding hydrogens is 426 g/mol. The lowest BCUT2D eigenvalue weighted by atomic mass is 10.2. The van der Waals surface area contributed by atoms with E-state index in [9.17, 15) is 4.79 Å². The minimum Gasteiger partial charge on any atom is -0.489 e. The molecule has 1 aromatic heterocycles. The number of aromatic nitrogens is 2. The van der Waals surface area contributed by atoms with Crippen LogP contribution in [0.3, 0.4) is 0 Å². The van der Waals surface area contributed by atoms with E-state index in [1.165, 1.54) is 6.08 Å². The van der Waals surface area contributed by atoms with Gasteiger partial charge in [0.2, 0.25) is 5.91 Å². The summed E-state index contributed by atoms with van der Waals surface area (Å²) < 4.78 is 11.5. The van der Waals surface area contributed by atoms with Gasteiger partial charge in [-0.05, 0) is 73.5 Å². The van der Waals surface area contributed by atoms with Gasteiger partial charge in [-0.1, -0.05) is 42.5 Å². The Labute approximate surface area is 198 Å². The second-order valence-electron chi connectivity index (χ2n) is 7.73. The fourth-order valence-electron chi connectivity index (χ4n) is 3.22. The van der Waals surface area contributed by atoms with Gasteiger partial charge in [-0.2, -0.15) is 0 Å². The summed E-state index contributed by atoms with van der Waals surface area (Å²) in [6.07, 6.45) is 3.25. The van der Waals surface area contributed by atoms with Crippen molar-refractivity contribution < 1.29 is 14.3 Å². The van der Waals surface area contributed by atoms with Gasteiger partial charge in [0.05, 0.1) is 0 Å². The SMILES string of the molecule is Cc1cc(C)nc(Oc2ccc(NC(=O)/C=C/c3ccc(OCc4ccccc4)cc3)cc2)n1. The highest BCUT2D eigenvalue weighted by Crippen LogP contribution is 2.21. The number of benzene rings is 3. The summed E-state index contributed by atoms with van der Waals surface area (Å²) in [5.41, 5.74) is 4.36. The second kappa shape index (κ2) is 10.9. The van der Waals surface area contributed by atoms with Crippen molar-refractivity contribution in [3.8, 4) is 17.5 Å². The summed E-state index contributed by atoms with van der Waals surface area (Å²) in [6, 6.07) is 26.8. The Morgan fingerprint density at radius 2 is 1.50 bits per heavy atom. The quantitative estimate of drug-likeness (QED) is 0.327. The van der Waals surface area contributed by atoms with Gasteiger partial charge in [0.15, 0.2) is 0 Å². The number of hydrogen-bond donors (Lipinski definition) is 1. The Bertz CT molecular complexity index is 1250. The Kier molecular flexibility index (Phi) is 7.30. The van der Waals surface area contributed by atoms with Crippen LogP contribution < -0.4 is 14.8 Å². The van der Waals surface area contributed by atoms with Crippen LogP contribution in [0.4, 0.5) is 5.69 Å². The van der Waals surface area contributed by atoms with Crippen LogP contribution in [0.25, 0.3) is 6.08 Å². The number of hydrogen-bond acceptors (Lipinski definition) is 5. The molecule has 0 unspecified atom stereocenters. The first kappa shape index (κ1) is 22.7. The van der Waals surface area contributed by atoms with Crippen LogP contribution in [0.15, 0.2) is 91.0 Å². The molecule has 0 aliphatic carbocycles. The third-order valence-corrected chi connectivity index (χ3v) is 4.85. The van der Waals surface area contributed by atoms with E-state index in [-0.39, 0.29) is 5.91 Å². The molecule has 0 saturated heterocycles. The Hall–Kier alpha value is -4.45. The Balaban J connectivity index is 1.27. The number of ether oxygens (including phenoxy) is 2. The molecule has 1 N–H and O–H groups in total. The molecule has 0 bridgehead atoms. The molecule has 0 radical (unpaired) electrons. The molecule has 6 nitrogen and oxygen atoms in total. The molecule has 170 valence electrons. The molecule has 3 aromatic carbocycles.